The zero-order valence-electron chi connectivity index (χ0n) is 12.3. The molecule has 0 saturated heterocycles. The molecule has 2 aliphatic carbocycles. The average Bonchev–Trinajstić information content (AvgIpc) is 3.36. The van der Waals surface area contributed by atoms with Crippen LogP contribution >= 0.6 is 0 Å². The third-order valence-corrected chi connectivity index (χ3v) is 5.63. The van der Waals surface area contributed by atoms with E-state index in [2.05, 4.69) is 54.6 Å². The fourth-order valence-corrected chi connectivity index (χ4v) is 4.49. The first-order valence-electron chi connectivity index (χ1n) is 8.09. The maximum Gasteiger partial charge on any atom is 0.0530 e. The summed E-state index contributed by atoms with van der Waals surface area (Å²) in [5, 5.41) is 10.3. The van der Waals surface area contributed by atoms with Crippen LogP contribution in [0.2, 0.25) is 0 Å². The van der Waals surface area contributed by atoms with Gasteiger partial charge in [0, 0.05) is 5.41 Å². The number of hydrogen-bond donors (Lipinski definition) is 1. The lowest BCUT2D eigenvalue weighted by molar-refractivity contribution is 0.152. The summed E-state index contributed by atoms with van der Waals surface area (Å²) in [6.45, 7) is 0.290. The largest absolute Gasteiger partial charge is 0.395 e. The molecule has 0 radical (unpaired) electrons. The van der Waals surface area contributed by atoms with Crippen LogP contribution in [0, 0.1) is 5.92 Å². The monoisotopic (exact) mass is 278 g/mol. The van der Waals surface area contributed by atoms with Gasteiger partial charge in [-0.3, -0.25) is 0 Å². The first kappa shape index (κ1) is 13.1. The van der Waals surface area contributed by atoms with Gasteiger partial charge in [0.15, 0.2) is 0 Å². The van der Waals surface area contributed by atoms with E-state index in [0.717, 1.165) is 6.42 Å². The second kappa shape index (κ2) is 4.99. The molecule has 1 N–H and O–H groups in total. The van der Waals surface area contributed by atoms with Gasteiger partial charge >= 0.3 is 0 Å². The van der Waals surface area contributed by atoms with Crippen molar-refractivity contribution in [2.75, 3.05) is 6.61 Å². The van der Waals surface area contributed by atoms with Gasteiger partial charge in [0.1, 0.15) is 0 Å². The number of benzene rings is 2. The van der Waals surface area contributed by atoms with Crippen molar-refractivity contribution in [2.45, 2.75) is 37.0 Å². The van der Waals surface area contributed by atoms with Crippen molar-refractivity contribution in [2.24, 2.45) is 5.92 Å². The molecule has 1 saturated carbocycles. The van der Waals surface area contributed by atoms with E-state index in [0.29, 0.717) is 11.8 Å². The van der Waals surface area contributed by atoms with Gasteiger partial charge in [0.2, 0.25) is 0 Å². The highest BCUT2D eigenvalue weighted by molar-refractivity contribution is 5.41. The van der Waals surface area contributed by atoms with Crippen LogP contribution in [0.5, 0.6) is 0 Å². The topological polar surface area (TPSA) is 20.2 Å². The van der Waals surface area contributed by atoms with E-state index in [1.165, 1.54) is 36.0 Å². The molecule has 4 rings (SSSR count). The van der Waals surface area contributed by atoms with Gasteiger partial charge in [0.25, 0.3) is 0 Å². The molecule has 2 aromatic carbocycles. The third kappa shape index (κ3) is 2.03. The van der Waals surface area contributed by atoms with Gasteiger partial charge in [-0.15, -0.1) is 0 Å². The Balaban J connectivity index is 1.71. The maximum atomic E-state index is 10.3. The lowest BCUT2D eigenvalue weighted by atomic mass is 9.66. The minimum Gasteiger partial charge on any atom is -0.395 e. The average molecular weight is 278 g/mol. The van der Waals surface area contributed by atoms with Crippen LogP contribution in [0.3, 0.4) is 0 Å². The van der Waals surface area contributed by atoms with E-state index in [4.69, 9.17) is 0 Å². The Morgan fingerprint density at radius 2 is 1.76 bits per heavy atom. The summed E-state index contributed by atoms with van der Waals surface area (Å²) in [4.78, 5) is 0. The summed E-state index contributed by atoms with van der Waals surface area (Å²) in [5.41, 5.74) is 4.31. The van der Waals surface area contributed by atoms with Crippen LogP contribution in [0.1, 0.15) is 41.9 Å². The molecule has 0 amide bonds. The summed E-state index contributed by atoms with van der Waals surface area (Å²) >= 11 is 0. The molecule has 3 atom stereocenters. The molecule has 3 unspecified atom stereocenters. The summed E-state index contributed by atoms with van der Waals surface area (Å²) in [6, 6.07) is 19.6. The van der Waals surface area contributed by atoms with E-state index in [-0.39, 0.29) is 12.0 Å². The van der Waals surface area contributed by atoms with Crippen molar-refractivity contribution in [1.82, 2.24) is 0 Å². The summed E-state index contributed by atoms with van der Waals surface area (Å²) in [7, 11) is 0. The van der Waals surface area contributed by atoms with E-state index in [1.807, 2.05) is 0 Å². The quantitative estimate of drug-likeness (QED) is 0.897. The van der Waals surface area contributed by atoms with Crippen LogP contribution in [-0.4, -0.2) is 11.7 Å². The minimum atomic E-state index is -0.00461. The van der Waals surface area contributed by atoms with Gasteiger partial charge in [-0.2, -0.15) is 0 Å². The molecule has 1 fully saturated rings. The van der Waals surface area contributed by atoms with Crippen molar-refractivity contribution >= 4 is 0 Å². The number of rotatable bonds is 3. The smallest absolute Gasteiger partial charge is 0.0530 e. The molecular weight excluding hydrogens is 256 g/mol. The van der Waals surface area contributed by atoms with E-state index in [9.17, 15) is 5.11 Å². The Bertz CT molecular complexity index is 633. The Morgan fingerprint density at radius 1 is 1.00 bits per heavy atom. The molecular formula is C20H22O. The lowest BCUT2D eigenvalue weighted by Gasteiger charge is -2.38. The van der Waals surface area contributed by atoms with Crippen LogP contribution in [0.25, 0.3) is 0 Å². The van der Waals surface area contributed by atoms with Crippen molar-refractivity contribution in [3.05, 3.63) is 71.3 Å². The minimum absolute atomic E-state index is 0.00461. The molecule has 2 aliphatic rings. The van der Waals surface area contributed by atoms with Crippen LogP contribution in [-0.2, 0) is 11.8 Å². The Morgan fingerprint density at radius 3 is 2.57 bits per heavy atom. The number of aliphatic hydroxyl groups excluding tert-OH is 1. The predicted octanol–water partition coefficient (Wildman–Crippen LogP) is 4.06. The second-order valence-corrected chi connectivity index (χ2v) is 6.68. The Kier molecular flexibility index (Phi) is 3.11. The number of hydrogen-bond acceptors (Lipinski definition) is 1. The first-order valence-corrected chi connectivity index (χ1v) is 8.09. The molecule has 0 aromatic heterocycles. The van der Waals surface area contributed by atoms with Gasteiger partial charge < -0.3 is 5.11 Å². The van der Waals surface area contributed by atoms with Gasteiger partial charge in [-0.25, -0.2) is 0 Å². The molecule has 0 spiro atoms. The van der Waals surface area contributed by atoms with Crippen molar-refractivity contribution in [3.8, 4) is 0 Å². The molecule has 108 valence electrons. The lowest BCUT2D eigenvalue weighted by Crippen LogP contribution is -2.37. The SMILES string of the molecule is OCC1(C2CC2c2ccccc2)CCCc2ccccc21. The van der Waals surface area contributed by atoms with Crippen molar-refractivity contribution in [1.29, 1.82) is 0 Å². The summed E-state index contributed by atoms with van der Waals surface area (Å²) < 4.78 is 0. The zero-order chi connectivity index (χ0) is 14.3. The summed E-state index contributed by atoms with van der Waals surface area (Å²) in [5.74, 6) is 1.23. The van der Waals surface area contributed by atoms with Crippen LogP contribution < -0.4 is 0 Å². The number of aryl methyl sites for hydroxylation is 1. The van der Waals surface area contributed by atoms with Crippen LogP contribution in [0.15, 0.2) is 54.6 Å². The Labute approximate surface area is 126 Å². The maximum absolute atomic E-state index is 10.3. The van der Waals surface area contributed by atoms with E-state index in [1.54, 1.807) is 0 Å². The molecule has 21 heavy (non-hydrogen) atoms. The van der Waals surface area contributed by atoms with Gasteiger partial charge in [-0.1, -0.05) is 54.6 Å². The summed E-state index contributed by atoms with van der Waals surface area (Å²) in [6.07, 6.45) is 4.73. The fourth-order valence-electron chi connectivity index (χ4n) is 4.49. The molecule has 1 heteroatoms. The normalized spacial score (nSPS) is 30.7. The zero-order valence-corrected chi connectivity index (χ0v) is 12.3. The highest BCUT2D eigenvalue weighted by Crippen LogP contribution is 2.60. The number of aliphatic hydroxyl groups is 1. The highest BCUT2D eigenvalue weighted by atomic mass is 16.3. The third-order valence-electron chi connectivity index (χ3n) is 5.63. The standard InChI is InChI=1S/C20H22O/c21-14-20(12-6-10-16-9-4-5-11-18(16)20)19-13-17(19)15-7-2-1-3-8-15/h1-5,7-9,11,17,19,21H,6,10,12-14H2. The molecule has 1 nitrogen and oxygen atoms in total. The number of fused-ring (bicyclic) bond motifs is 1. The Hall–Kier alpha value is -1.60. The first-order chi connectivity index (χ1) is 10.3. The molecule has 0 aliphatic heterocycles. The van der Waals surface area contributed by atoms with Gasteiger partial charge in [-0.05, 0) is 54.2 Å². The van der Waals surface area contributed by atoms with E-state index >= 15 is 0 Å². The van der Waals surface area contributed by atoms with Crippen molar-refractivity contribution in [3.63, 3.8) is 0 Å². The van der Waals surface area contributed by atoms with Crippen molar-refractivity contribution < 1.29 is 5.11 Å². The predicted molar refractivity (Wildman–Crippen MR) is 85.4 cm³/mol. The molecule has 0 bridgehead atoms. The fraction of sp³-hybridized carbons (Fsp3) is 0.400. The second-order valence-electron chi connectivity index (χ2n) is 6.68. The molecule has 0 heterocycles. The highest BCUT2D eigenvalue weighted by Gasteiger charge is 2.54. The van der Waals surface area contributed by atoms with Gasteiger partial charge in [0.05, 0.1) is 6.61 Å². The van der Waals surface area contributed by atoms with Crippen LogP contribution in [0.4, 0.5) is 0 Å². The van der Waals surface area contributed by atoms with E-state index < -0.39 is 0 Å². The molecule has 2 aromatic rings.